The number of nitrogens with one attached hydrogen (secondary N) is 2. The Bertz CT molecular complexity index is 1440. The van der Waals surface area contributed by atoms with Gasteiger partial charge in [-0.2, -0.15) is 0 Å². The summed E-state index contributed by atoms with van der Waals surface area (Å²) in [4.78, 5) is 23.2. The topological polar surface area (TPSA) is 84.3 Å². The lowest BCUT2D eigenvalue weighted by Crippen LogP contribution is -2.29. The number of hydrogen-bond donors (Lipinski definition) is 2. The monoisotopic (exact) mass is 552 g/mol. The molecule has 4 aromatic rings. The summed E-state index contributed by atoms with van der Waals surface area (Å²) in [5, 5.41) is 10.1. The van der Waals surface area contributed by atoms with Crippen LogP contribution in [-0.4, -0.2) is 39.3 Å². The predicted molar refractivity (Wildman–Crippen MR) is 151 cm³/mol. The summed E-state index contributed by atoms with van der Waals surface area (Å²) in [6.07, 6.45) is 3.59. The van der Waals surface area contributed by atoms with Crippen LogP contribution in [0.5, 0.6) is 0 Å². The number of methoxy groups -OCH3 is 1. The van der Waals surface area contributed by atoms with E-state index in [1.807, 2.05) is 41.9 Å². The second-order valence-electron chi connectivity index (χ2n) is 8.62. The van der Waals surface area contributed by atoms with Gasteiger partial charge in [-0.1, -0.05) is 17.7 Å². The Hall–Kier alpha value is -3.31. The van der Waals surface area contributed by atoms with Gasteiger partial charge >= 0.3 is 0 Å². The third kappa shape index (κ3) is 4.85. The average molecular weight is 553 g/mol. The molecule has 2 unspecified atom stereocenters. The van der Waals surface area contributed by atoms with E-state index in [2.05, 4.69) is 50.0 Å². The molecule has 0 bridgehead atoms. The van der Waals surface area contributed by atoms with E-state index in [-0.39, 0.29) is 24.6 Å². The van der Waals surface area contributed by atoms with E-state index in [9.17, 15) is 4.79 Å². The zero-order valence-corrected chi connectivity index (χ0v) is 22.8. The first-order valence-corrected chi connectivity index (χ1v) is 13.2. The maximum atomic E-state index is 12.0. The lowest BCUT2D eigenvalue weighted by Gasteiger charge is -2.28. The summed E-state index contributed by atoms with van der Waals surface area (Å²) < 4.78 is 7.06. The molecule has 190 valence electrons. The molecule has 1 aliphatic heterocycles. The predicted octanol–water partition coefficient (Wildman–Crippen LogP) is 5.36. The molecule has 5 rings (SSSR count). The van der Waals surface area contributed by atoms with E-state index in [1.54, 1.807) is 23.6 Å². The van der Waals surface area contributed by atoms with Gasteiger partial charge in [-0.25, -0.2) is 4.98 Å². The molecule has 4 heterocycles. The Kier molecular flexibility index (Phi) is 7.25. The van der Waals surface area contributed by atoms with Gasteiger partial charge in [-0.15, -0.1) is 11.3 Å². The number of halogens is 1. The van der Waals surface area contributed by atoms with Crippen LogP contribution in [0.15, 0.2) is 60.2 Å². The molecule has 2 atom stereocenters. The third-order valence-electron chi connectivity index (χ3n) is 6.28. The summed E-state index contributed by atoms with van der Waals surface area (Å²) in [5.41, 5.74) is 5.44. The van der Waals surface area contributed by atoms with E-state index in [1.165, 1.54) is 7.11 Å². The summed E-state index contributed by atoms with van der Waals surface area (Å²) >= 11 is 14.1. The largest absolute Gasteiger partial charge is 0.375 e. The van der Waals surface area contributed by atoms with E-state index >= 15 is 0 Å². The number of aryl methyl sites for hydroxylation is 1. The summed E-state index contributed by atoms with van der Waals surface area (Å²) in [7, 11) is 1.47. The molecule has 1 amide bonds. The van der Waals surface area contributed by atoms with Crippen molar-refractivity contribution in [2.75, 3.05) is 23.9 Å². The standard InChI is InChI=1S/C26H25ClN6O2S2/c1-15-12-18(16(2)32(15)26-29-10-11-37-26)24-23(21-6-4-5-9-28-21)31-25(36)33(24)17-7-8-20(19(27)13-17)30-22(34)14-35-3/h4-13,23-24H,14H2,1-3H3,(H,30,34)(H,31,36). The third-order valence-corrected chi connectivity index (χ3v) is 7.66. The van der Waals surface area contributed by atoms with Gasteiger partial charge in [0.15, 0.2) is 10.2 Å². The van der Waals surface area contributed by atoms with Crippen molar-refractivity contribution in [2.24, 2.45) is 0 Å². The molecule has 0 spiro atoms. The minimum Gasteiger partial charge on any atom is -0.375 e. The zero-order chi connectivity index (χ0) is 26.1. The van der Waals surface area contributed by atoms with E-state index in [0.717, 1.165) is 33.5 Å². The quantitative estimate of drug-likeness (QED) is 0.298. The number of nitrogens with zero attached hydrogens (tertiary/aromatic N) is 4. The van der Waals surface area contributed by atoms with Crippen LogP contribution in [-0.2, 0) is 9.53 Å². The van der Waals surface area contributed by atoms with Crippen molar-refractivity contribution in [3.63, 3.8) is 0 Å². The first kappa shape index (κ1) is 25.3. The van der Waals surface area contributed by atoms with Crippen LogP contribution in [0.2, 0.25) is 5.02 Å². The average Bonchev–Trinajstić information content (AvgIpc) is 3.59. The molecule has 2 N–H and O–H groups in total. The van der Waals surface area contributed by atoms with Crippen molar-refractivity contribution in [2.45, 2.75) is 25.9 Å². The Morgan fingerprint density at radius 2 is 2.05 bits per heavy atom. The fourth-order valence-corrected chi connectivity index (χ4v) is 6.05. The smallest absolute Gasteiger partial charge is 0.250 e. The molecule has 0 radical (unpaired) electrons. The van der Waals surface area contributed by atoms with Crippen molar-refractivity contribution < 1.29 is 9.53 Å². The fourth-order valence-electron chi connectivity index (χ4n) is 4.73. The lowest BCUT2D eigenvalue weighted by atomic mass is 9.96. The molecule has 1 aromatic carbocycles. The fraction of sp³-hybridized carbons (Fsp3) is 0.231. The van der Waals surface area contributed by atoms with E-state index in [4.69, 9.17) is 28.6 Å². The molecule has 11 heteroatoms. The van der Waals surface area contributed by atoms with Gasteiger partial charge in [-0.3, -0.25) is 14.3 Å². The molecule has 1 fully saturated rings. The summed E-state index contributed by atoms with van der Waals surface area (Å²) in [5.74, 6) is -0.279. The molecule has 0 saturated carbocycles. The normalized spacial score (nSPS) is 17.2. The van der Waals surface area contributed by atoms with Gasteiger partial charge in [-0.05, 0) is 68.0 Å². The number of rotatable bonds is 7. The van der Waals surface area contributed by atoms with Crippen molar-refractivity contribution in [3.05, 3.63) is 87.9 Å². The zero-order valence-electron chi connectivity index (χ0n) is 20.4. The number of carbonyl (C=O) groups excluding carboxylic acids is 1. The van der Waals surface area contributed by atoms with Crippen LogP contribution in [0.25, 0.3) is 5.13 Å². The number of amides is 1. The van der Waals surface area contributed by atoms with Gasteiger partial charge in [0.05, 0.1) is 28.5 Å². The van der Waals surface area contributed by atoms with Crippen molar-refractivity contribution >= 4 is 57.5 Å². The number of carbonyl (C=O) groups is 1. The number of benzene rings is 1. The first-order chi connectivity index (χ1) is 17.9. The molecule has 0 aliphatic carbocycles. The molecule has 3 aromatic heterocycles. The number of hydrogen-bond acceptors (Lipinski definition) is 6. The highest BCUT2D eigenvalue weighted by Crippen LogP contribution is 2.44. The minimum absolute atomic E-state index is 0.0548. The van der Waals surface area contributed by atoms with Gasteiger partial charge in [0.2, 0.25) is 5.91 Å². The lowest BCUT2D eigenvalue weighted by molar-refractivity contribution is -0.119. The molecular formula is C26H25ClN6O2S2. The maximum absolute atomic E-state index is 12.0. The summed E-state index contributed by atoms with van der Waals surface area (Å²) in [6.45, 7) is 4.12. The van der Waals surface area contributed by atoms with Crippen molar-refractivity contribution in [3.8, 4) is 5.13 Å². The van der Waals surface area contributed by atoms with Crippen LogP contribution in [0.1, 0.15) is 34.7 Å². The molecule has 1 aliphatic rings. The van der Waals surface area contributed by atoms with Crippen LogP contribution in [0.4, 0.5) is 11.4 Å². The van der Waals surface area contributed by atoms with Crippen molar-refractivity contribution in [1.29, 1.82) is 0 Å². The highest BCUT2D eigenvalue weighted by atomic mass is 35.5. The highest BCUT2D eigenvalue weighted by molar-refractivity contribution is 7.80. The van der Waals surface area contributed by atoms with Gasteiger partial charge in [0.1, 0.15) is 6.61 Å². The maximum Gasteiger partial charge on any atom is 0.250 e. The second-order valence-corrected chi connectivity index (χ2v) is 10.3. The van der Waals surface area contributed by atoms with Gasteiger partial charge in [0.25, 0.3) is 0 Å². The second kappa shape index (κ2) is 10.6. The van der Waals surface area contributed by atoms with Gasteiger partial charge < -0.3 is 20.3 Å². The highest BCUT2D eigenvalue weighted by Gasteiger charge is 2.42. The van der Waals surface area contributed by atoms with Gasteiger partial charge in [0, 0.05) is 42.0 Å². The number of thiocarbonyl (C=S) groups is 1. The number of ether oxygens (including phenoxy) is 1. The summed E-state index contributed by atoms with van der Waals surface area (Å²) in [6, 6.07) is 13.1. The number of thiazole rings is 1. The van der Waals surface area contributed by atoms with Crippen LogP contribution in [0, 0.1) is 13.8 Å². The van der Waals surface area contributed by atoms with Crippen LogP contribution in [0.3, 0.4) is 0 Å². The minimum atomic E-state index is -0.279. The van der Waals surface area contributed by atoms with Crippen molar-refractivity contribution in [1.82, 2.24) is 19.9 Å². The van der Waals surface area contributed by atoms with E-state index < -0.39 is 0 Å². The Morgan fingerprint density at radius 3 is 2.73 bits per heavy atom. The SMILES string of the molecule is COCC(=O)Nc1ccc(N2C(=S)NC(c3ccccn3)C2c2cc(C)n(-c3nccs3)c2C)cc1Cl. The Morgan fingerprint density at radius 1 is 1.22 bits per heavy atom. The number of aromatic nitrogens is 3. The Balaban J connectivity index is 1.60. The van der Waals surface area contributed by atoms with Crippen LogP contribution < -0.4 is 15.5 Å². The number of anilines is 2. The first-order valence-electron chi connectivity index (χ1n) is 11.6. The van der Waals surface area contributed by atoms with E-state index in [0.29, 0.717) is 15.8 Å². The van der Waals surface area contributed by atoms with Crippen LogP contribution >= 0.6 is 35.2 Å². The number of pyridine rings is 1. The molecule has 1 saturated heterocycles. The Labute approximate surface area is 229 Å². The molecular weight excluding hydrogens is 528 g/mol. The molecule has 37 heavy (non-hydrogen) atoms. The molecule has 8 nitrogen and oxygen atoms in total.